The molecule has 0 saturated carbocycles. The second kappa shape index (κ2) is 2.86. The van der Waals surface area contributed by atoms with Crippen molar-refractivity contribution < 1.29 is 4.68 Å². The lowest BCUT2D eigenvalue weighted by molar-refractivity contribution is -0.785. The van der Waals surface area contributed by atoms with Gasteiger partial charge in [0.1, 0.15) is 0 Å². The molecule has 2 nitrogen and oxygen atoms in total. The van der Waals surface area contributed by atoms with E-state index in [2.05, 4.69) is 15.6 Å². The predicted molar refractivity (Wildman–Crippen MR) is 49.3 cm³/mol. The molecule has 0 bridgehead atoms. The topological polar surface area (TPSA) is 8.81 Å². The minimum atomic E-state index is 1.19. The van der Waals surface area contributed by atoms with Crippen LogP contribution in [0.3, 0.4) is 0 Å². The van der Waals surface area contributed by atoms with Crippen LogP contribution < -0.4 is 4.68 Å². The van der Waals surface area contributed by atoms with Gasteiger partial charge in [0.2, 0.25) is 0 Å². The molecule has 1 aromatic rings. The molecule has 0 aromatic carbocycles. The summed E-state index contributed by atoms with van der Waals surface area (Å²) < 4.78 is 4.79. The normalized spacial score (nSPS) is 20.9. The Labute approximate surface area is 79.2 Å². The molecule has 1 aliphatic carbocycles. The van der Waals surface area contributed by atoms with Crippen molar-refractivity contribution in [2.75, 3.05) is 0 Å². The summed E-state index contributed by atoms with van der Waals surface area (Å²) in [5.74, 6) is 0. The van der Waals surface area contributed by atoms with Crippen LogP contribution in [0.2, 0.25) is 0 Å². The molecular weight excluding hydrogens is 160 g/mol. The van der Waals surface area contributed by atoms with Crippen LogP contribution in [0.25, 0.3) is 0 Å². The molecule has 3 rings (SSSR count). The lowest BCUT2D eigenvalue weighted by Gasteiger charge is -2.21. The lowest BCUT2D eigenvalue weighted by atomic mass is 9.98. The predicted octanol–water partition coefficient (Wildman–Crippen LogP) is 1.25. The van der Waals surface area contributed by atoms with Gasteiger partial charge in [-0.3, -0.25) is 4.68 Å². The van der Waals surface area contributed by atoms with Gasteiger partial charge in [-0.05, 0) is 6.42 Å². The number of rotatable bonds is 0. The van der Waals surface area contributed by atoms with E-state index in [0.29, 0.717) is 0 Å². The van der Waals surface area contributed by atoms with Gasteiger partial charge in [-0.2, -0.15) is 0 Å². The standard InChI is InChI=1S/C11H16N2/c1-2-6-11-10(5-1)9-12-7-3-4-8-13(11)12/h1-8H2. The Kier molecular flexibility index (Phi) is 1.67. The Hall–Kier alpha value is -0.790. The van der Waals surface area contributed by atoms with Crippen molar-refractivity contribution >= 4 is 0 Å². The highest BCUT2D eigenvalue weighted by Gasteiger charge is 2.17. The molecule has 2 heterocycles. The van der Waals surface area contributed by atoms with Crippen LogP contribution in [-0.2, 0) is 25.9 Å². The summed E-state index contributed by atoms with van der Waals surface area (Å²) in [7, 11) is 0. The fourth-order valence-corrected chi connectivity index (χ4v) is 2.61. The molecule has 2 aliphatic rings. The summed E-state index contributed by atoms with van der Waals surface area (Å²) in [4.78, 5) is 0. The number of aryl methyl sites for hydroxylation is 2. The molecule has 0 atom stereocenters. The number of aromatic nitrogens is 2. The van der Waals surface area contributed by atoms with Crippen molar-refractivity contribution in [2.45, 2.75) is 51.6 Å². The number of hydrogen-bond donors (Lipinski definition) is 0. The van der Waals surface area contributed by atoms with Crippen LogP contribution in [0.4, 0.5) is 0 Å². The monoisotopic (exact) mass is 176 g/mol. The molecule has 0 N–H and O–H groups in total. The first kappa shape index (κ1) is 7.60. The molecule has 1 aliphatic heterocycles. The maximum Gasteiger partial charge on any atom is 0.152 e. The Balaban J connectivity index is 2.09. The second-order valence-electron chi connectivity index (χ2n) is 4.20. The Morgan fingerprint density at radius 3 is 3.00 bits per heavy atom. The summed E-state index contributed by atoms with van der Waals surface area (Å²) in [6.07, 6.45) is 11.5. The van der Waals surface area contributed by atoms with Crippen LogP contribution in [0.5, 0.6) is 0 Å². The second-order valence-corrected chi connectivity index (χ2v) is 4.20. The van der Waals surface area contributed by atoms with Crippen molar-refractivity contribution in [3.8, 4) is 0 Å². The largest absolute Gasteiger partial charge is 0.251 e. The summed E-state index contributed by atoms with van der Waals surface area (Å²) >= 11 is 0. The van der Waals surface area contributed by atoms with Crippen molar-refractivity contribution in [1.29, 1.82) is 0 Å². The van der Waals surface area contributed by atoms with Crippen molar-refractivity contribution in [3.63, 3.8) is 0 Å². The zero-order valence-corrected chi connectivity index (χ0v) is 8.05. The molecule has 0 saturated heterocycles. The molecular formula is C11H16N2. The summed E-state index contributed by atoms with van der Waals surface area (Å²) in [6, 6.07) is 0. The minimum absolute atomic E-state index is 1.19. The fraction of sp³-hybridized carbons (Fsp3) is 0.727. The summed E-state index contributed by atoms with van der Waals surface area (Å²) in [5.41, 5.74) is 3.10. The van der Waals surface area contributed by atoms with Crippen LogP contribution in [0, 0.1) is 6.20 Å². The Bertz CT molecular complexity index is 295. The maximum absolute atomic E-state index is 3.53. The summed E-state index contributed by atoms with van der Waals surface area (Å²) in [6.45, 7) is 2.42. The van der Waals surface area contributed by atoms with Crippen LogP contribution in [-0.4, -0.2) is 4.68 Å². The van der Waals surface area contributed by atoms with Gasteiger partial charge >= 0.3 is 0 Å². The van der Waals surface area contributed by atoms with E-state index in [1.165, 1.54) is 57.2 Å². The first-order valence-electron chi connectivity index (χ1n) is 5.49. The van der Waals surface area contributed by atoms with Gasteiger partial charge in [0.15, 0.2) is 6.54 Å². The molecule has 0 unspecified atom stereocenters. The zero-order valence-electron chi connectivity index (χ0n) is 8.05. The van der Waals surface area contributed by atoms with Gasteiger partial charge < -0.3 is 0 Å². The molecule has 0 radical (unpaired) electrons. The highest BCUT2D eigenvalue weighted by atomic mass is 15.4. The smallest absolute Gasteiger partial charge is 0.152 e. The minimum Gasteiger partial charge on any atom is -0.251 e. The third-order valence-corrected chi connectivity index (χ3v) is 3.30. The van der Waals surface area contributed by atoms with Crippen molar-refractivity contribution in [3.05, 3.63) is 17.5 Å². The van der Waals surface area contributed by atoms with E-state index in [1.807, 2.05) is 0 Å². The molecule has 0 amide bonds. The molecule has 13 heavy (non-hydrogen) atoms. The van der Waals surface area contributed by atoms with E-state index >= 15 is 0 Å². The first-order valence-corrected chi connectivity index (χ1v) is 5.49. The highest BCUT2D eigenvalue weighted by molar-refractivity contribution is 5.17. The molecule has 0 fully saturated rings. The number of fused-ring (bicyclic) bond motifs is 3. The molecule has 2 heteroatoms. The maximum atomic E-state index is 3.53. The van der Waals surface area contributed by atoms with Crippen LogP contribution in [0.1, 0.15) is 36.9 Å². The number of nitrogens with zero attached hydrogens (tertiary/aromatic N) is 2. The first-order chi connectivity index (χ1) is 6.45. The van der Waals surface area contributed by atoms with E-state index in [-0.39, 0.29) is 0 Å². The zero-order chi connectivity index (χ0) is 8.67. The van der Waals surface area contributed by atoms with E-state index in [1.54, 1.807) is 5.69 Å². The molecule has 1 aromatic heterocycles. The van der Waals surface area contributed by atoms with Gasteiger partial charge in [-0.25, -0.2) is 4.68 Å². The number of hydrogen-bond acceptors (Lipinski definition) is 0. The average Bonchev–Trinajstić information content (AvgIpc) is 2.56. The van der Waals surface area contributed by atoms with Gasteiger partial charge in [0, 0.05) is 6.42 Å². The quantitative estimate of drug-likeness (QED) is 0.415. The molecule has 70 valence electrons. The van der Waals surface area contributed by atoms with Gasteiger partial charge in [-0.15, -0.1) is 5.56 Å². The van der Waals surface area contributed by atoms with Crippen molar-refractivity contribution in [2.24, 2.45) is 0 Å². The average molecular weight is 176 g/mol. The highest BCUT2D eigenvalue weighted by Crippen LogP contribution is 2.21. The summed E-state index contributed by atoms with van der Waals surface area (Å²) in [5, 5.41) is 0. The van der Waals surface area contributed by atoms with Gasteiger partial charge in [0.25, 0.3) is 0 Å². The van der Waals surface area contributed by atoms with E-state index < -0.39 is 0 Å². The lowest BCUT2D eigenvalue weighted by Crippen LogP contribution is -2.46. The molecule has 0 spiro atoms. The van der Waals surface area contributed by atoms with Crippen molar-refractivity contribution in [1.82, 2.24) is 4.68 Å². The van der Waals surface area contributed by atoms with Crippen LogP contribution >= 0.6 is 0 Å². The SMILES string of the molecule is [c-]1c2c(n3[n+]1CCCC3)CCCC2. The van der Waals surface area contributed by atoms with E-state index in [0.717, 1.165) is 0 Å². The van der Waals surface area contributed by atoms with Crippen LogP contribution in [0.15, 0.2) is 0 Å². The Morgan fingerprint density at radius 1 is 1.08 bits per heavy atom. The fourth-order valence-electron chi connectivity index (χ4n) is 2.61. The van der Waals surface area contributed by atoms with Gasteiger partial charge in [0.05, 0.1) is 12.7 Å². The van der Waals surface area contributed by atoms with Gasteiger partial charge in [-0.1, -0.05) is 31.4 Å². The Morgan fingerprint density at radius 2 is 2.00 bits per heavy atom. The van der Waals surface area contributed by atoms with E-state index in [9.17, 15) is 0 Å². The third kappa shape index (κ3) is 1.11. The third-order valence-electron chi connectivity index (χ3n) is 3.30. The van der Waals surface area contributed by atoms with E-state index in [4.69, 9.17) is 0 Å².